The van der Waals surface area contributed by atoms with Crippen LogP contribution in [0.1, 0.15) is 15.9 Å². The van der Waals surface area contributed by atoms with Crippen molar-refractivity contribution in [2.45, 2.75) is 13.5 Å². The number of carbonyl (C=O) groups excluding carboxylic acids is 1. The molecular formula is C21H15FN2O2S. The molecule has 0 spiro atoms. The van der Waals surface area contributed by atoms with Gasteiger partial charge in [-0.25, -0.2) is 9.37 Å². The van der Waals surface area contributed by atoms with Crippen LogP contribution in [0, 0.1) is 12.7 Å². The second-order valence-corrected chi connectivity index (χ2v) is 7.16. The van der Waals surface area contributed by atoms with Gasteiger partial charge in [-0.3, -0.25) is 14.2 Å². The normalized spacial score (nSPS) is 11.0. The van der Waals surface area contributed by atoms with E-state index in [4.69, 9.17) is 0 Å². The van der Waals surface area contributed by atoms with Crippen molar-refractivity contribution in [3.05, 3.63) is 87.5 Å². The predicted molar refractivity (Wildman–Crippen MR) is 105 cm³/mol. The van der Waals surface area contributed by atoms with Crippen molar-refractivity contribution in [2.75, 3.05) is 0 Å². The largest absolute Gasteiger partial charge is 0.292 e. The summed E-state index contributed by atoms with van der Waals surface area (Å²) >= 11 is 1.40. The quantitative estimate of drug-likeness (QED) is 0.493. The van der Waals surface area contributed by atoms with Crippen molar-refractivity contribution >= 4 is 27.3 Å². The molecular weight excluding hydrogens is 363 g/mol. The molecule has 0 aliphatic heterocycles. The molecule has 0 unspecified atom stereocenters. The summed E-state index contributed by atoms with van der Waals surface area (Å²) in [6.07, 6.45) is 1.39. The van der Waals surface area contributed by atoms with E-state index in [1.807, 2.05) is 36.6 Å². The Hall–Kier alpha value is -3.12. The number of aryl methyl sites for hydroxylation is 1. The average Bonchev–Trinajstić information content (AvgIpc) is 3.10. The second kappa shape index (κ2) is 6.89. The molecule has 4 rings (SSSR count). The lowest BCUT2D eigenvalue weighted by atomic mass is 10.1. The van der Waals surface area contributed by atoms with Gasteiger partial charge in [-0.2, -0.15) is 0 Å². The van der Waals surface area contributed by atoms with E-state index in [1.54, 1.807) is 0 Å². The number of Topliss-reactive ketones (excluding diaryl/α,β-unsaturated/α-hetero) is 1. The van der Waals surface area contributed by atoms with E-state index in [-0.39, 0.29) is 17.9 Å². The van der Waals surface area contributed by atoms with Crippen LogP contribution in [-0.2, 0) is 6.54 Å². The third-order valence-corrected chi connectivity index (χ3v) is 5.29. The molecule has 4 nitrogen and oxygen atoms in total. The minimum Gasteiger partial charge on any atom is -0.292 e. The molecule has 2 heterocycles. The Morgan fingerprint density at radius 3 is 2.52 bits per heavy atom. The number of nitrogens with zero attached hydrogens (tertiary/aromatic N) is 2. The highest BCUT2D eigenvalue weighted by Gasteiger charge is 2.15. The zero-order valence-corrected chi connectivity index (χ0v) is 15.3. The second-order valence-electron chi connectivity index (χ2n) is 6.30. The lowest BCUT2D eigenvalue weighted by Gasteiger charge is -2.06. The van der Waals surface area contributed by atoms with Crippen LogP contribution in [0.3, 0.4) is 0 Å². The summed E-state index contributed by atoms with van der Waals surface area (Å²) in [7, 11) is 0. The summed E-state index contributed by atoms with van der Waals surface area (Å²) in [4.78, 5) is 30.4. The molecule has 0 fully saturated rings. The van der Waals surface area contributed by atoms with E-state index in [0.717, 1.165) is 16.7 Å². The number of benzene rings is 2. The molecule has 0 N–H and O–H groups in total. The third kappa shape index (κ3) is 3.31. The maximum atomic E-state index is 13.0. The molecule has 0 atom stereocenters. The number of aromatic nitrogens is 2. The van der Waals surface area contributed by atoms with Gasteiger partial charge in [-0.05, 0) is 36.8 Å². The number of ketones is 1. The fourth-order valence-electron chi connectivity index (χ4n) is 2.91. The van der Waals surface area contributed by atoms with Gasteiger partial charge in [0, 0.05) is 16.5 Å². The molecule has 0 saturated heterocycles. The number of fused-ring (bicyclic) bond motifs is 1. The van der Waals surface area contributed by atoms with Crippen molar-refractivity contribution in [1.82, 2.24) is 9.55 Å². The van der Waals surface area contributed by atoms with Crippen molar-refractivity contribution in [3.63, 3.8) is 0 Å². The van der Waals surface area contributed by atoms with E-state index >= 15 is 0 Å². The summed E-state index contributed by atoms with van der Waals surface area (Å²) in [6.45, 7) is 1.86. The van der Waals surface area contributed by atoms with Crippen LogP contribution in [0.25, 0.3) is 21.3 Å². The molecule has 0 amide bonds. The lowest BCUT2D eigenvalue weighted by molar-refractivity contribution is 0.0970. The molecule has 27 heavy (non-hydrogen) atoms. The van der Waals surface area contributed by atoms with Gasteiger partial charge in [-0.15, -0.1) is 11.3 Å². The molecule has 0 aliphatic rings. The Balaban J connectivity index is 1.74. The monoisotopic (exact) mass is 378 g/mol. The fourth-order valence-corrected chi connectivity index (χ4v) is 3.81. The van der Waals surface area contributed by atoms with Gasteiger partial charge in [0.2, 0.25) is 0 Å². The van der Waals surface area contributed by atoms with Crippen LogP contribution in [0.4, 0.5) is 4.39 Å². The smallest absolute Gasteiger partial charge is 0.263 e. The van der Waals surface area contributed by atoms with Gasteiger partial charge >= 0.3 is 0 Å². The Morgan fingerprint density at radius 1 is 1.11 bits per heavy atom. The summed E-state index contributed by atoms with van der Waals surface area (Å²) in [5.41, 5.74) is 2.99. The highest BCUT2D eigenvalue weighted by atomic mass is 32.1. The molecule has 0 saturated carbocycles. The first-order valence-corrected chi connectivity index (χ1v) is 9.23. The lowest BCUT2D eigenvalue weighted by Crippen LogP contribution is -2.24. The van der Waals surface area contributed by atoms with E-state index in [9.17, 15) is 14.0 Å². The first-order valence-electron chi connectivity index (χ1n) is 8.35. The van der Waals surface area contributed by atoms with Crippen molar-refractivity contribution < 1.29 is 9.18 Å². The molecule has 0 radical (unpaired) electrons. The van der Waals surface area contributed by atoms with Crippen molar-refractivity contribution in [3.8, 4) is 11.1 Å². The third-order valence-electron chi connectivity index (χ3n) is 4.40. The topological polar surface area (TPSA) is 52.0 Å². The Kier molecular flexibility index (Phi) is 4.41. The minimum atomic E-state index is -0.409. The van der Waals surface area contributed by atoms with Crippen molar-refractivity contribution in [2.24, 2.45) is 0 Å². The molecule has 0 bridgehead atoms. The molecule has 0 aliphatic carbocycles. The van der Waals surface area contributed by atoms with E-state index in [1.165, 1.54) is 46.5 Å². The van der Waals surface area contributed by atoms with Gasteiger partial charge in [0.25, 0.3) is 5.56 Å². The summed E-state index contributed by atoms with van der Waals surface area (Å²) in [5, 5.41) is 2.42. The van der Waals surface area contributed by atoms with Crippen LogP contribution in [-0.4, -0.2) is 15.3 Å². The Bertz CT molecular complexity index is 1190. The highest BCUT2D eigenvalue weighted by Crippen LogP contribution is 2.30. The predicted octanol–water partition coefficient (Wildman–Crippen LogP) is 4.46. The minimum absolute atomic E-state index is 0.142. The van der Waals surface area contributed by atoms with Gasteiger partial charge < -0.3 is 0 Å². The summed E-state index contributed by atoms with van der Waals surface area (Å²) in [5.74, 6) is -0.682. The number of hydrogen-bond donors (Lipinski definition) is 0. The number of carbonyl (C=O) groups is 1. The number of thiophene rings is 1. The van der Waals surface area contributed by atoms with Crippen LogP contribution in [0.5, 0.6) is 0 Å². The number of rotatable bonds is 4. The van der Waals surface area contributed by atoms with E-state index in [0.29, 0.717) is 15.8 Å². The SMILES string of the molecule is Cc1ccc(-c2csc3ncn(CC(=O)c4ccc(F)cc4)c(=O)c23)cc1. The highest BCUT2D eigenvalue weighted by molar-refractivity contribution is 7.17. The molecule has 2 aromatic carbocycles. The van der Waals surface area contributed by atoms with Gasteiger partial charge in [0.1, 0.15) is 10.6 Å². The fraction of sp³-hybridized carbons (Fsp3) is 0.0952. The zero-order valence-electron chi connectivity index (χ0n) is 14.5. The van der Waals surface area contributed by atoms with Crippen LogP contribution >= 0.6 is 11.3 Å². The van der Waals surface area contributed by atoms with Crippen molar-refractivity contribution in [1.29, 1.82) is 0 Å². The standard InChI is InChI=1S/C21H15FN2O2S/c1-13-2-4-14(5-3-13)17-11-27-20-19(17)21(26)24(12-23-20)10-18(25)15-6-8-16(22)9-7-15/h2-9,11-12H,10H2,1H3. The van der Waals surface area contributed by atoms with E-state index < -0.39 is 5.82 Å². The summed E-state index contributed by atoms with van der Waals surface area (Å²) in [6, 6.07) is 13.2. The first kappa shape index (κ1) is 17.3. The molecule has 6 heteroatoms. The maximum Gasteiger partial charge on any atom is 0.263 e. The van der Waals surface area contributed by atoms with Crippen LogP contribution in [0.2, 0.25) is 0 Å². The molecule has 2 aromatic heterocycles. The Labute approximate surface area is 158 Å². The van der Waals surface area contributed by atoms with Crippen LogP contribution < -0.4 is 5.56 Å². The molecule has 4 aromatic rings. The first-order chi connectivity index (χ1) is 13.0. The number of hydrogen-bond acceptors (Lipinski definition) is 4. The zero-order chi connectivity index (χ0) is 19.0. The van der Waals surface area contributed by atoms with Gasteiger partial charge in [0.05, 0.1) is 18.3 Å². The molecule has 134 valence electrons. The van der Waals surface area contributed by atoms with Gasteiger partial charge in [0.15, 0.2) is 5.78 Å². The average molecular weight is 378 g/mol. The van der Waals surface area contributed by atoms with E-state index in [2.05, 4.69) is 4.98 Å². The summed E-state index contributed by atoms with van der Waals surface area (Å²) < 4.78 is 14.3. The number of halogens is 1. The van der Waals surface area contributed by atoms with Gasteiger partial charge in [-0.1, -0.05) is 29.8 Å². The Morgan fingerprint density at radius 2 is 1.81 bits per heavy atom. The van der Waals surface area contributed by atoms with Crippen LogP contribution in [0.15, 0.2) is 65.0 Å². The maximum absolute atomic E-state index is 13.0.